The molecule has 0 aliphatic carbocycles. The average molecular weight is 250 g/mol. The smallest absolute Gasteiger partial charge is 0.307 e. The van der Waals surface area contributed by atoms with Crippen LogP contribution >= 0.6 is 0 Å². The molecule has 8 nitrogen and oxygen atoms in total. The highest BCUT2D eigenvalue weighted by atomic mass is 16.5. The summed E-state index contributed by atoms with van der Waals surface area (Å²) in [5, 5.41) is 3.00. The van der Waals surface area contributed by atoms with E-state index < -0.39 is 0 Å². The third kappa shape index (κ3) is 2.65. The molecule has 2 aromatic rings. The largest absolute Gasteiger partial charge is 0.466 e. The van der Waals surface area contributed by atoms with E-state index in [-0.39, 0.29) is 18.3 Å². The van der Waals surface area contributed by atoms with Crippen molar-refractivity contribution in [2.45, 2.75) is 13.3 Å². The van der Waals surface area contributed by atoms with Gasteiger partial charge in [-0.25, -0.2) is 4.98 Å². The number of esters is 1. The van der Waals surface area contributed by atoms with E-state index in [1.807, 2.05) is 0 Å². The highest BCUT2D eigenvalue weighted by Gasteiger charge is 2.08. The lowest BCUT2D eigenvalue weighted by Crippen LogP contribution is -2.13. The van der Waals surface area contributed by atoms with E-state index in [0.717, 1.165) is 0 Å². The van der Waals surface area contributed by atoms with Crippen LogP contribution in [0.3, 0.4) is 0 Å². The molecule has 0 aliphatic heterocycles. The molecule has 2 rings (SSSR count). The molecular weight excluding hydrogens is 236 g/mol. The number of nitrogens with zero attached hydrogens (tertiary/aromatic N) is 3. The fourth-order valence-corrected chi connectivity index (χ4v) is 1.49. The Morgan fingerprint density at radius 2 is 2.39 bits per heavy atom. The predicted octanol–water partition coefficient (Wildman–Crippen LogP) is 0.300. The Kier molecular flexibility index (Phi) is 3.56. The van der Waals surface area contributed by atoms with Gasteiger partial charge in [0.1, 0.15) is 5.52 Å². The molecule has 4 N–H and O–H groups in total. The maximum Gasteiger partial charge on any atom is 0.307 e. The molecule has 2 heterocycles. The molecule has 96 valence electrons. The predicted molar refractivity (Wildman–Crippen MR) is 65.8 cm³/mol. The van der Waals surface area contributed by atoms with Crippen molar-refractivity contribution in [1.82, 2.24) is 19.9 Å². The fourth-order valence-electron chi connectivity index (χ4n) is 1.49. The molecule has 2 aromatic heterocycles. The molecule has 18 heavy (non-hydrogen) atoms. The zero-order chi connectivity index (χ0) is 13.0. The molecule has 0 saturated carbocycles. The molecule has 0 bridgehead atoms. The SMILES string of the molecule is CCOC(=O)CCNc1nc(N)nc2nc[nH]c12. The standard InChI is InChI=1S/C10H14N6O2/c1-2-18-6(17)3-4-12-8-7-9(14-5-13-7)16-10(11)15-8/h5H,2-4H2,1H3,(H4,11,12,13,14,15,16). The summed E-state index contributed by atoms with van der Waals surface area (Å²) >= 11 is 0. The van der Waals surface area contributed by atoms with Gasteiger partial charge in [0.05, 0.1) is 19.4 Å². The van der Waals surface area contributed by atoms with Crippen LogP contribution in [-0.2, 0) is 9.53 Å². The van der Waals surface area contributed by atoms with Gasteiger partial charge in [-0.2, -0.15) is 9.97 Å². The Labute approximate surface area is 103 Å². The molecular formula is C10H14N6O2. The first-order valence-electron chi connectivity index (χ1n) is 5.56. The Morgan fingerprint density at radius 1 is 1.56 bits per heavy atom. The lowest BCUT2D eigenvalue weighted by atomic mass is 10.4. The zero-order valence-electron chi connectivity index (χ0n) is 9.93. The van der Waals surface area contributed by atoms with E-state index in [0.29, 0.717) is 30.1 Å². The van der Waals surface area contributed by atoms with Crippen molar-refractivity contribution >= 4 is 28.9 Å². The van der Waals surface area contributed by atoms with Crippen LogP contribution in [0.5, 0.6) is 0 Å². The number of rotatable bonds is 5. The maximum absolute atomic E-state index is 11.2. The zero-order valence-corrected chi connectivity index (χ0v) is 9.93. The quantitative estimate of drug-likeness (QED) is 0.653. The van der Waals surface area contributed by atoms with Crippen LogP contribution in [0.25, 0.3) is 11.2 Å². The van der Waals surface area contributed by atoms with Gasteiger partial charge in [-0.05, 0) is 6.92 Å². The number of imidazole rings is 1. The fraction of sp³-hybridized carbons (Fsp3) is 0.400. The molecule has 0 amide bonds. The van der Waals surface area contributed by atoms with Crippen molar-refractivity contribution in [1.29, 1.82) is 0 Å². The van der Waals surface area contributed by atoms with Crippen LogP contribution in [0, 0.1) is 0 Å². The Morgan fingerprint density at radius 3 is 3.17 bits per heavy atom. The summed E-state index contributed by atoms with van der Waals surface area (Å²) in [7, 11) is 0. The van der Waals surface area contributed by atoms with Crippen LogP contribution in [0.2, 0.25) is 0 Å². The van der Waals surface area contributed by atoms with Crippen LogP contribution < -0.4 is 11.1 Å². The van der Waals surface area contributed by atoms with E-state index in [1.165, 1.54) is 6.33 Å². The number of H-pyrrole nitrogens is 1. The maximum atomic E-state index is 11.2. The molecule has 0 unspecified atom stereocenters. The Balaban J connectivity index is 2.03. The van der Waals surface area contributed by atoms with Crippen molar-refractivity contribution in [2.24, 2.45) is 0 Å². The second kappa shape index (κ2) is 5.30. The van der Waals surface area contributed by atoms with Crippen molar-refractivity contribution in [3.05, 3.63) is 6.33 Å². The van der Waals surface area contributed by atoms with Gasteiger partial charge in [0, 0.05) is 6.54 Å². The topological polar surface area (TPSA) is 119 Å². The summed E-state index contributed by atoms with van der Waals surface area (Å²) < 4.78 is 4.82. The average Bonchev–Trinajstić information content (AvgIpc) is 2.77. The van der Waals surface area contributed by atoms with Crippen LogP contribution in [-0.4, -0.2) is 39.1 Å². The number of nitrogen functional groups attached to an aromatic ring is 1. The number of anilines is 2. The summed E-state index contributed by atoms with van der Waals surface area (Å²) in [6, 6.07) is 0. The van der Waals surface area contributed by atoms with Gasteiger partial charge >= 0.3 is 5.97 Å². The van der Waals surface area contributed by atoms with Gasteiger partial charge in [-0.15, -0.1) is 0 Å². The van der Waals surface area contributed by atoms with Gasteiger partial charge in [0.2, 0.25) is 5.95 Å². The number of fused-ring (bicyclic) bond motifs is 1. The summed E-state index contributed by atoms with van der Waals surface area (Å²) in [6.45, 7) is 2.55. The highest BCUT2D eigenvalue weighted by molar-refractivity contribution is 5.83. The number of ether oxygens (including phenoxy) is 1. The van der Waals surface area contributed by atoms with Crippen molar-refractivity contribution in [3.63, 3.8) is 0 Å². The van der Waals surface area contributed by atoms with E-state index in [1.54, 1.807) is 6.92 Å². The molecule has 0 saturated heterocycles. The number of aromatic amines is 1. The summed E-state index contributed by atoms with van der Waals surface area (Å²) in [6.07, 6.45) is 1.77. The Hall–Kier alpha value is -2.38. The van der Waals surface area contributed by atoms with Gasteiger partial charge in [0.25, 0.3) is 0 Å². The van der Waals surface area contributed by atoms with Crippen LogP contribution in [0.4, 0.5) is 11.8 Å². The number of carbonyl (C=O) groups is 1. The number of aromatic nitrogens is 4. The number of carbonyl (C=O) groups excluding carboxylic acids is 1. The van der Waals surface area contributed by atoms with Gasteiger partial charge in [0.15, 0.2) is 11.5 Å². The van der Waals surface area contributed by atoms with Crippen molar-refractivity contribution in [2.75, 3.05) is 24.2 Å². The lowest BCUT2D eigenvalue weighted by Gasteiger charge is -2.06. The first kappa shape index (κ1) is 12.1. The molecule has 0 aliphatic rings. The molecule has 0 fully saturated rings. The third-order valence-corrected chi connectivity index (χ3v) is 2.23. The molecule has 8 heteroatoms. The van der Waals surface area contributed by atoms with Gasteiger partial charge in [-0.1, -0.05) is 0 Å². The lowest BCUT2D eigenvalue weighted by molar-refractivity contribution is -0.142. The second-order valence-electron chi connectivity index (χ2n) is 3.51. The van der Waals surface area contributed by atoms with E-state index in [2.05, 4.69) is 25.3 Å². The number of hydrogen-bond donors (Lipinski definition) is 3. The first-order valence-corrected chi connectivity index (χ1v) is 5.56. The van der Waals surface area contributed by atoms with Crippen LogP contribution in [0.1, 0.15) is 13.3 Å². The molecule has 0 radical (unpaired) electrons. The summed E-state index contributed by atoms with van der Waals surface area (Å²) in [5.74, 6) is 0.403. The van der Waals surface area contributed by atoms with Gasteiger partial charge in [-0.3, -0.25) is 4.79 Å². The normalized spacial score (nSPS) is 10.5. The van der Waals surface area contributed by atoms with E-state index in [9.17, 15) is 4.79 Å². The molecule has 0 atom stereocenters. The minimum absolute atomic E-state index is 0.133. The third-order valence-electron chi connectivity index (χ3n) is 2.23. The summed E-state index contributed by atoms with van der Waals surface area (Å²) in [5.41, 5.74) is 6.70. The van der Waals surface area contributed by atoms with E-state index in [4.69, 9.17) is 10.5 Å². The van der Waals surface area contributed by atoms with Gasteiger partial charge < -0.3 is 20.8 Å². The molecule has 0 aromatic carbocycles. The van der Waals surface area contributed by atoms with Crippen molar-refractivity contribution < 1.29 is 9.53 Å². The molecule has 0 spiro atoms. The number of nitrogens with one attached hydrogen (secondary N) is 2. The number of hydrogen-bond acceptors (Lipinski definition) is 7. The highest BCUT2D eigenvalue weighted by Crippen LogP contribution is 2.16. The monoisotopic (exact) mass is 250 g/mol. The number of nitrogens with two attached hydrogens (primary N) is 1. The minimum Gasteiger partial charge on any atom is -0.466 e. The first-order chi connectivity index (χ1) is 8.70. The summed E-state index contributed by atoms with van der Waals surface area (Å²) in [4.78, 5) is 26.1. The second-order valence-corrected chi connectivity index (χ2v) is 3.51. The Bertz CT molecular complexity index is 552. The minimum atomic E-state index is -0.257. The van der Waals surface area contributed by atoms with Crippen LogP contribution in [0.15, 0.2) is 6.33 Å². The van der Waals surface area contributed by atoms with Crippen molar-refractivity contribution in [3.8, 4) is 0 Å². The van der Waals surface area contributed by atoms with E-state index >= 15 is 0 Å².